The topological polar surface area (TPSA) is 125 Å². The number of piperidine rings is 1. The first-order chi connectivity index (χ1) is 9.38. The number of urea groups is 1. The fraction of sp³-hybridized carbons (Fsp3) is 0.750. The second kappa shape index (κ2) is 7.68. The largest absolute Gasteiger partial charge is 0.480 e. The molecule has 1 saturated heterocycles. The molecule has 1 heterocycles. The van der Waals surface area contributed by atoms with Crippen molar-refractivity contribution in [1.82, 2.24) is 15.5 Å². The van der Waals surface area contributed by atoms with E-state index in [-0.39, 0.29) is 18.9 Å². The van der Waals surface area contributed by atoms with Gasteiger partial charge in [-0.1, -0.05) is 0 Å². The van der Waals surface area contributed by atoms with Crippen LogP contribution in [0.5, 0.6) is 0 Å². The molecular weight excluding hydrogens is 264 g/mol. The van der Waals surface area contributed by atoms with Crippen LogP contribution in [0.1, 0.15) is 25.7 Å². The molecule has 3 amide bonds. The summed E-state index contributed by atoms with van der Waals surface area (Å²) in [5.74, 6) is -1.77. The lowest BCUT2D eigenvalue weighted by atomic mass is 10.1. The maximum absolute atomic E-state index is 11.7. The normalized spacial score (nSPS) is 18.2. The molecule has 0 saturated carbocycles. The number of carbonyl (C=O) groups is 3. The first-order valence-corrected chi connectivity index (χ1v) is 6.65. The fourth-order valence-electron chi connectivity index (χ4n) is 2.08. The Morgan fingerprint density at radius 3 is 2.45 bits per heavy atom. The van der Waals surface area contributed by atoms with Crippen LogP contribution in [0.2, 0.25) is 0 Å². The van der Waals surface area contributed by atoms with Gasteiger partial charge < -0.3 is 26.4 Å². The van der Waals surface area contributed by atoms with Crippen molar-refractivity contribution in [2.75, 3.05) is 20.1 Å². The van der Waals surface area contributed by atoms with Gasteiger partial charge in [0, 0.05) is 12.5 Å². The van der Waals surface area contributed by atoms with Crippen molar-refractivity contribution in [2.45, 2.75) is 37.8 Å². The molecule has 5 N–H and O–H groups in total. The van der Waals surface area contributed by atoms with Gasteiger partial charge in [0.25, 0.3) is 0 Å². The molecule has 1 aliphatic heterocycles. The molecule has 1 rings (SSSR count). The molecule has 0 radical (unpaired) electrons. The van der Waals surface area contributed by atoms with E-state index in [0.717, 1.165) is 25.9 Å². The van der Waals surface area contributed by atoms with Gasteiger partial charge in [0.15, 0.2) is 0 Å². The molecule has 0 aromatic carbocycles. The van der Waals surface area contributed by atoms with Gasteiger partial charge in [0.1, 0.15) is 6.04 Å². The Hall–Kier alpha value is -1.83. The summed E-state index contributed by atoms with van der Waals surface area (Å²) in [6, 6.07) is -1.57. The van der Waals surface area contributed by atoms with E-state index in [4.69, 9.17) is 10.8 Å². The number of hydrogen-bond acceptors (Lipinski definition) is 4. The highest BCUT2D eigenvalue weighted by atomic mass is 16.4. The zero-order valence-corrected chi connectivity index (χ0v) is 11.6. The molecule has 0 aliphatic carbocycles. The summed E-state index contributed by atoms with van der Waals surface area (Å²) in [4.78, 5) is 35.5. The van der Waals surface area contributed by atoms with Crippen LogP contribution in [0.15, 0.2) is 0 Å². The minimum Gasteiger partial charge on any atom is -0.480 e. The van der Waals surface area contributed by atoms with E-state index in [1.165, 1.54) is 0 Å². The Morgan fingerprint density at radius 1 is 1.35 bits per heavy atom. The number of hydrogen-bond donors (Lipinski definition) is 4. The number of nitrogens with zero attached hydrogens (tertiary/aromatic N) is 1. The molecule has 1 atom stereocenters. The average molecular weight is 286 g/mol. The Kier molecular flexibility index (Phi) is 6.23. The predicted molar refractivity (Wildman–Crippen MR) is 72.0 cm³/mol. The second-order valence-corrected chi connectivity index (χ2v) is 5.09. The number of nitrogens with one attached hydrogen (secondary N) is 2. The first-order valence-electron chi connectivity index (χ1n) is 6.65. The van der Waals surface area contributed by atoms with Crippen molar-refractivity contribution in [3.8, 4) is 0 Å². The summed E-state index contributed by atoms with van der Waals surface area (Å²) in [6.45, 7) is 1.80. The molecular formula is C12H22N4O4. The van der Waals surface area contributed by atoms with Crippen molar-refractivity contribution >= 4 is 17.9 Å². The standard InChI is InChI=1S/C12H22N4O4/c1-16-6-4-8(5-7-16)14-12(20)15-9(11(18)19)2-3-10(13)17/h8-9H,2-7H2,1H3,(H2,13,17)(H,18,19)(H2,14,15,20)/t9-/m0/s1. The lowest BCUT2D eigenvalue weighted by Gasteiger charge is -2.29. The summed E-state index contributed by atoms with van der Waals surface area (Å²) in [6.07, 6.45) is 1.59. The number of carbonyl (C=O) groups excluding carboxylic acids is 2. The number of carboxylic acids is 1. The molecule has 0 unspecified atom stereocenters. The molecule has 8 nitrogen and oxygen atoms in total. The Balaban J connectivity index is 2.37. The lowest BCUT2D eigenvalue weighted by molar-refractivity contribution is -0.139. The first kappa shape index (κ1) is 16.2. The van der Waals surface area contributed by atoms with Crippen molar-refractivity contribution in [1.29, 1.82) is 0 Å². The third-order valence-corrected chi connectivity index (χ3v) is 3.34. The zero-order chi connectivity index (χ0) is 15.1. The molecule has 8 heteroatoms. The van der Waals surface area contributed by atoms with Gasteiger partial charge in [0.2, 0.25) is 5.91 Å². The number of nitrogens with two attached hydrogens (primary N) is 1. The summed E-state index contributed by atoms with van der Waals surface area (Å²) in [7, 11) is 2.01. The Bertz CT molecular complexity index is 366. The van der Waals surface area contributed by atoms with Crippen molar-refractivity contribution < 1.29 is 19.5 Å². The molecule has 0 aromatic rings. The maximum Gasteiger partial charge on any atom is 0.326 e. The van der Waals surface area contributed by atoms with Gasteiger partial charge in [0.05, 0.1) is 0 Å². The smallest absolute Gasteiger partial charge is 0.326 e. The molecule has 1 aliphatic rings. The van der Waals surface area contributed by atoms with E-state index in [1.807, 2.05) is 7.05 Å². The predicted octanol–water partition coefficient (Wildman–Crippen LogP) is -0.901. The molecule has 0 spiro atoms. The number of likely N-dealkylation sites (tertiary alicyclic amines) is 1. The van der Waals surface area contributed by atoms with Crippen molar-refractivity contribution in [3.05, 3.63) is 0 Å². The van der Waals surface area contributed by atoms with Crippen LogP contribution in [-0.2, 0) is 9.59 Å². The van der Waals surface area contributed by atoms with E-state index in [9.17, 15) is 14.4 Å². The summed E-state index contributed by atoms with van der Waals surface area (Å²) < 4.78 is 0. The lowest BCUT2D eigenvalue weighted by Crippen LogP contribution is -2.51. The SMILES string of the molecule is CN1CCC(NC(=O)N[C@@H](CCC(N)=O)C(=O)O)CC1. The van der Waals surface area contributed by atoms with Crippen LogP contribution in [0.3, 0.4) is 0 Å². The summed E-state index contributed by atoms with van der Waals surface area (Å²) in [5, 5.41) is 14.1. The maximum atomic E-state index is 11.7. The summed E-state index contributed by atoms with van der Waals surface area (Å²) in [5.41, 5.74) is 4.97. The van der Waals surface area contributed by atoms with Crippen LogP contribution in [0.4, 0.5) is 4.79 Å². The highest BCUT2D eigenvalue weighted by Crippen LogP contribution is 2.08. The summed E-state index contributed by atoms with van der Waals surface area (Å²) >= 11 is 0. The van der Waals surface area contributed by atoms with Gasteiger partial charge in [-0.25, -0.2) is 9.59 Å². The van der Waals surface area contributed by atoms with Crippen molar-refractivity contribution in [2.24, 2.45) is 5.73 Å². The van der Waals surface area contributed by atoms with E-state index in [2.05, 4.69) is 15.5 Å². The second-order valence-electron chi connectivity index (χ2n) is 5.09. The highest BCUT2D eigenvalue weighted by Gasteiger charge is 2.23. The van der Waals surface area contributed by atoms with E-state index in [1.54, 1.807) is 0 Å². The van der Waals surface area contributed by atoms with Crippen LogP contribution in [0, 0.1) is 0 Å². The average Bonchev–Trinajstić information content (AvgIpc) is 2.36. The molecule has 20 heavy (non-hydrogen) atoms. The van der Waals surface area contributed by atoms with Crippen LogP contribution in [0.25, 0.3) is 0 Å². The Labute approximate surface area is 117 Å². The van der Waals surface area contributed by atoms with Gasteiger partial charge in [-0.15, -0.1) is 0 Å². The number of primary amides is 1. The monoisotopic (exact) mass is 286 g/mol. The zero-order valence-electron chi connectivity index (χ0n) is 11.6. The quantitative estimate of drug-likeness (QED) is 0.503. The van der Waals surface area contributed by atoms with E-state index >= 15 is 0 Å². The van der Waals surface area contributed by atoms with Gasteiger partial charge in [-0.2, -0.15) is 0 Å². The highest BCUT2D eigenvalue weighted by molar-refractivity contribution is 5.83. The molecule has 1 fully saturated rings. The number of amides is 3. The molecule has 114 valence electrons. The van der Waals surface area contributed by atoms with Crippen molar-refractivity contribution in [3.63, 3.8) is 0 Å². The van der Waals surface area contributed by atoms with E-state index in [0.29, 0.717) is 0 Å². The molecule has 0 aromatic heterocycles. The number of rotatable bonds is 6. The van der Waals surface area contributed by atoms with Gasteiger partial charge >= 0.3 is 12.0 Å². The Morgan fingerprint density at radius 2 is 1.95 bits per heavy atom. The minimum atomic E-state index is -1.18. The fourth-order valence-corrected chi connectivity index (χ4v) is 2.08. The number of carboxylic acid groups (broad SMARTS) is 1. The van der Waals surface area contributed by atoms with Gasteiger partial charge in [-0.3, -0.25) is 4.79 Å². The molecule has 0 bridgehead atoms. The van der Waals surface area contributed by atoms with Crippen LogP contribution in [-0.4, -0.2) is 60.1 Å². The van der Waals surface area contributed by atoms with Crippen LogP contribution >= 0.6 is 0 Å². The minimum absolute atomic E-state index is 0.00844. The number of aliphatic carboxylic acids is 1. The third kappa shape index (κ3) is 5.87. The van der Waals surface area contributed by atoms with Crippen LogP contribution < -0.4 is 16.4 Å². The third-order valence-electron chi connectivity index (χ3n) is 3.34. The van der Waals surface area contributed by atoms with Gasteiger partial charge in [-0.05, 0) is 39.4 Å². The van der Waals surface area contributed by atoms with E-state index < -0.39 is 23.9 Å².